The van der Waals surface area contributed by atoms with Gasteiger partial charge in [-0.3, -0.25) is 4.79 Å². The van der Waals surface area contributed by atoms with Crippen LogP contribution in [0.1, 0.15) is 16.7 Å². The van der Waals surface area contributed by atoms with Crippen molar-refractivity contribution in [2.75, 3.05) is 0 Å². The van der Waals surface area contributed by atoms with Crippen molar-refractivity contribution in [2.24, 2.45) is 0 Å². The molecule has 1 N–H and O–H groups in total. The van der Waals surface area contributed by atoms with Crippen molar-refractivity contribution in [3.05, 3.63) is 70.8 Å². The molecule has 0 unspecified atom stereocenters. The van der Waals surface area contributed by atoms with E-state index in [4.69, 9.17) is 0 Å². The van der Waals surface area contributed by atoms with Gasteiger partial charge in [0, 0.05) is 17.4 Å². The average Bonchev–Trinajstić information content (AvgIpc) is 2.50. The summed E-state index contributed by atoms with van der Waals surface area (Å²) in [6, 6.07) is 11.6. The summed E-state index contributed by atoms with van der Waals surface area (Å²) in [4.78, 5) is 11.8. The van der Waals surface area contributed by atoms with Crippen molar-refractivity contribution in [1.29, 1.82) is 0 Å². The monoisotopic (exact) mass is 353 g/mol. The molecule has 0 saturated heterocycles. The van der Waals surface area contributed by atoms with E-state index >= 15 is 0 Å². The van der Waals surface area contributed by atoms with Crippen LogP contribution in [0.25, 0.3) is 0 Å². The van der Waals surface area contributed by atoms with E-state index in [2.05, 4.69) is 21.2 Å². The number of hydrogen-bond donors (Lipinski definition) is 1. The third-order valence-corrected chi connectivity index (χ3v) is 3.70. The molecule has 0 radical (unpaired) electrons. The number of carbonyl (C=O) groups excluding carboxylic acids is 1. The molecular weight excluding hydrogens is 340 g/mol. The van der Waals surface area contributed by atoms with Gasteiger partial charge in [0.25, 0.3) is 0 Å². The number of halogens is 3. The molecule has 1 amide bonds. The van der Waals surface area contributed by atoms with Gasteiger partial charge in [0.2, 0.25) is 5.91 Å². The van der Waals surface area contributed by atoms with Gasteiger partial charge in [-0.1, -0.05) is 52.3 Å². The van der Waals surface area contributed by atoms with E-state index in [0.717, 1.165) is 22.5 Å². The van der Waals surface area contributed by atoms with Gasteiger partial charge < -0.3 is 5.32 Å². The summed E-state index contributed by atoms with van der Waals surface area (Å²) in [5.74, 6) is -2.25. The molecule has 0 heterocycles. The molecule has 110 valence electrons. The molecule has 0 bridgehead atoms. The molecule has 0 aromatic heterocycles. The van der Waals surface area contributed by atoms with Crippen LogP contribution in [0.15, 0.2) is 42.5 Å². The average molecular weight is 354 g/mol. The summed E-state index contributed by atoms with van der Waals surface area (Å²) < 4.78 is 26.5. The number of amides is 1. The summed E-state index contributed by atoms with van der Waals surface area (Å²) in [7, 11) is 0. The van der Waals surface area contributed by atoms with E-state index in [1.165, 1.54) is 12.1 Å². The number of nitrogens with one attached hydrogen (secondary N) is 1. The van der Waals surface area contributed by atoms with Crippen molar-refractivity contribution in [1.82, 2.24) is 5.32 Å². The number of rotatable bonds is 5. The number of carbonyl (C=O) groups is 1. The molecule has 0 aliphatic carbocycles. The maximum atomic E-state index is 13.4. The Morgan fingerprint density at radius 2 is 1.71 bits per heavy atom. The molecule has 0 saturated carbocycles. The summed E-state index contributed by atoms with van der Waals surface area (Å²) in [5.41, 5.74) is 2.15. The van der Waals surface area contributed by atoms with Gasteiger partial charge in [0.05, 0.1) is 6.42 Å². The van der Waals surface area contributed by atoms with E-state index in [9.17, 15) is 13.6 Å². The summed E-state index contributed by atoms with van der Waals surface area (Å²) >= 11 is 3.36. The van der Waals surface area contributed by atoms with Crippen LogP contribution in [-0.4, -0.2) is 5.91 Å². The Balaban J connectivity index is 1.91. The first-order valence-electron chi connectivity index (χ1n) is 6.43. The highest BCUT2D eigenvalue weighted by Crippen LogP contribution is 2.12. The van der Waals surface area contributed by atoms with Crippen molar-refractivity contribution in [3.8, 4) is 0 Å². The minimum Gasteiger partial charge on any atom is -0.352 e. The molecule has 0 aliphatic heterocycles. The Morgan fingerprint density at radius 1 is 1.05 bits per heavy atom. The first-order chi connectivity index (χ1) is 10.1. The van der Waals surface area contributed by atoms with Gasteiger partial charge in [-0.2, -0.15) is 0 Å². The van der Waals surface area contributed by atoms with Crippen LogP contribution in [0.5, 0.6) is 0 Å². The van der Waals surface area contributed by atoms with Gasteiger partial charge >= 0.3 is 0 Å². The van der Waals surface area contributed by atoms with Crippen LogP contribution < -0.4 is 5.32 Å². The van der Waals surface area contributed by atoms with Crippen molar-refractivity contribution >= 4 is 21.8 Å². The minimum atomic E-state index is -0.964. The van der Waals surface area contributed by atoms with E-state index in [-0.39, 0.29) is 17.9 Å². The largest absolute Gasteiger partial charge is 0.352 e. The lowest BCUT2D eigenvalue weighted by Crippen LogP contribution is -2.25. The van der Waals surface area contributed by atoms with Crippen LogP contribution in [0.3, 0.4) is 0 Å². The number of hydrogen-bond acceptors (Lipinski definition) is 1. The van der Waals surface area contributed by atoms with Crippen molar-refractivity contribution in [2.45, 2.75) is 18.3 Å². The second-order valence-corrected chi connectivity index (χ2v) is 5.18. The lowest BCUT2D eigenvalue weighted by molar-refractivity contribution is -0.120. The third kappa shape index (κ3) is 4.36. The lowest BCUT2D eigenvalue weighted by Gasteiger charge is -2.07. The molecule has 21 heavy (non-hydrogen) atoms. The zero-order valence-corrected chi connectivity index (χ0v) is 12.8. The van der Waals surface area contributed by atoms with Crippen molar-refractivity contribution < 1.29 is 13.6 Å². The second kappa shape index (κ2) is 7.31. The Bertz CT molecular complexity index is 629. The topological polar surface area (TPSA) is 29.1 Å². The Hall–Kier alpha value is -1.75. The SMILES string of the molecule is O=C(Cc1cccc(F)c1F)NCc1ccc(CBr)cc1. The molecule has 2 aromatic rings. The number of alkyl halides is 1. The summed E-state index contributed by atoms with van der Waals surface area (Å²) in [6.45, 7) is 0.359. The molecular formula is C16H14BrF2NO. The van der Waals surface area contributed by atoms with E-state index < -0.39 is 11.6 Å². The molecule has 2 nitrogen and oxygen atoms in total. The smallest absolute Gasteiger partial charge is 0.224 e. The molecule has 0 spiro atoms. The Labute approximate surface area is 130 Å². The zero-order chi connectivity index (χ0) is 15.2. The van der Waals surface area contributed by atoms with E-state index in [1.54, 1.807) is 0 Å². The predicted molar refractivity (Wildman–Crippen MR) is 81.0 cm³/mol. The van der Waals surface area contributed by atoms with Gasteiger partial charge in [0.15, 0.2) is 11.6 Å². The fourth-order valence-corrected chi connectivity index (χ4v) is 2.24. The third-order valence-electron chi connectivity index (χ3n) is 3.05. The van der Waals surface area contributed by atoms with Crippen LogP contribution in [0.2, 0.25) is 0 Å². The van der Waals surface area contributed by atoms with E-state index in [0.29, 0.717) is 6.54 Å². The second-order valence-electron chi connectivity index (χ2n) is 4.62. The highest BCUT2D eigenvalue weighted by molar-refractivity contribution is 9.08. The highest BCUT2D eigenvalue weighted by Gasteiger charge is 2.11. The molecule has 0 atom stereocenters. The first kappa shape index (κ1) is 15.6. The van der Waals surface area contributed by atoms with Gasteiger partial charge in [-0.05, 0) is 17.2 Å². The zero-order valence-electron chi connectivity index (χ0n) is 11.2. The maximum absolute atomic E-state index is 13.4. The fourth-order valence-electron chi connectivity index (χ4n) is 1.87. The molecule has 0 aliphatic rings. The Kier molecular flexibility index (Phi) is 5.44. The first-order valence-corrected chi connectivity index (χ1v) is 7.55. The van der Waals surface area contributed by atoms with Crippen LogP contribution >= 0.6 is 15.9 Å². The van der Waals surface area contributed by atoms with Crippen LogP contribution in [0, 0.1) is 11.6 Å². The van der Waals surface area contributed by atoms with Crippen LogP contribution in [-0.2, 0) is 23.1 Å². The predicted octanol–water partition coefficient (Wildman–Crippen LogP) is 3.72. The lowest BCUT2D eigenvalue weighted by atomic mass is 10.1. The molecule has 2 rings (SSSR count). The maximum Gasteiger partial charge on any atom is 0.224 e. The quantitative estimate of drug-likeness (QED) is 0.815. The fraction of sp³-hybridized carbons (Fsp3) is 0.188. The number of benzene rings is 2. The summed E-state index contributed by atoms with van der Waals surface area (Å²) in [5, 5.41) is 3.47. The highest BCUT2D eigenvalue weighted by atomic mass is 79.9. The summed E-state index contributed by atoms with van der Waals surface area (Å²) in [6.07, 6.45) is -0.178. The molecule has 0 fully saturated rings. The van der Waals surface area contributed by atoms with E-state index in [1.807, 2.05) is 24.3 Å². The molecule has 5 heteroatoms. The molecule has 2 aromatic carbocycles. The van der Waals surface area contributed by atoms with Gasteiger partial charge in [0.1, 0.15) is 0 Å². The van der Waals surface area contributed by atoms with Gasteiger partial charge in [-0.15, -0.1) is 0 Å². The Morgan fingerprint density at radius 3 is 2.38 bits per heavy atom. The van der Waals surface area contributed by atoms with Crippen LogP contribution in [0.4, 0.5) is 8.78 Å². The normalized spacial score (nSPS) is 10.4. The van der Waals surface area contributed by atoms with Gasteiger partial charge in [-0.25, -0.2) is 8.78 Å². The standard InChI is InChI=1S/C16H14BrF2NO/c17-9-11-4-6-12(7-5-11)10-20-15(21)8-13-2-1-3-14(18)16(13)19/h1-7H,8-10H2,(H,20,21). The van der Waals surface area contributed by atoms with Crippen molar-refractivity contribution in [3.63, 3.8) is 0 Å². The minimum absolute atomic E-state index is 0.0575.